The fraction of sp³-hybridized carbons (Fsp3) is 0.412. The summed E-state index contributed by atoms with van der Waals surface area (Å²) < 4.78 is 6.31. The van der Waals surface area contributed by atoms with Crippen LogP contribution in [0.4, 0.5) is 0 Å². The van der Waals surface area contributed by atoms with Crippen LogP contribution >= 0.6 is 11.3 Å². The van der Waals surface area contributed by atoms with E-state index in [0.717, 1.165) is 21.4 Å². The predicted octanol–water partition coefficient (Wildman–Crippen LogP) is 3.13. The zero-order valence-corrected chi connectivity index (χ0v) is 14.0. The maximum Gasteiger partial charge on any atom is 0.306 e. The zero-order chi connectivity index (χ0) is 17.0. The molecular formula is C17H20O5S. The van der Waals surface area contributed by atoms with Gasteiger partial charge < -0.3 is 14.9 Å². The van der Waals surface area contributed by atoms with E-state index in [1.54, 1.807) is 13.2 Å². The number of thiophene rings is 1. The number of ether oxygens (including phenoxy) is 1. The SMILES string of the molecule is COc1cc2sc(C(=O)CC(C)C(=O)O)cc2cc1CCCO. The molecule has 0 aliphatic carbocycles. The molecule has 0 aliphatic rings. The number of carboxylic acid groups (broad SMARTS) is 1. The van der Waals surface area contributed by atoms with Crippen molar-refractivity contribution in [3.8, 4) is 5.75 Å². The number of fused-ring (bicyclic) bond motifs is 1. The van der Waals surface area contributed by atoms with Crippen molar-refractivity contribution in [3.05, 3.63) is 28.6 Å². The molecule has 1 aromatic heterocycles. The molecule has 2 rings (SSSR count). The van der Waals surface area contributed by atoms with Gasteiger partial charge >= 0.3 is 5.97 Å². The predicted molar refractivity (Wildman–Crippen MR) is 89.5 cm³/mol. The van der Waals surface area contributed by atoms with Gasteiger partial charge in [0.15, 0.2) is 5.78 Å². The number of carboxylic acids is 1. The van der Waals surface area contributed by atoms with Gasteiger partial charge in [0.1, 0.15) is 5.75 Å². The number of ketones is 1. The standard InChI is InChI=1S/C17H20O5S/c1-10(17(20)21)6-13(19)16-8-12-7-11(4-3-5-18)14(22-2)9-15(12)23-16/h7-10,18H,3-6H2,1-2H3,(H,20,21). The third-order valence-electron chi connectivity index (χ3n) is 3.71. The number of carbonyl (C=O) groups is 2. The quantitative estimate of drug-likeness (QED) is 0.724. The van der Waals surface area contributed by atoms with Gasteiger partial charge in [-0.15, -0.1) is 11.3 Å². The van der Waals surface area contributed by atoms with Gasteiger partial charge in [-0.3, -0.25) is 9.59 Å². The van der Waals surface area contributed by atoms with E-state index in [1.807, 2.05) is 12.1 Å². The van der Waals surface area contributed by atoms with Gasteiger partial charge in [-0.1, -0.05) is 6.92 Å². The lowest BCUT2D eigenvalue weighted by atomic mass is 10.0. The Morgan fingerprint density at radius 1 is 1.30 bits per heavy atom. The Kier molecular flexibility index (Phi) is 5.74. The Morgan fingerprint density at radius 3 is 2.65 bits per heavy atom. The van der Waals surface area contributed by atoms with Crippen LogP contribution in [0.25, 0.3) is 10.1 Å². The molecule has 2 aromatic rings. The van der Waals surface area contributed by atoms with E-state index < -0.39 is 11.9 Å². The molecule has 0 bridgehead atoms. The summed E-state index contributed by atoms with van der Waals surface area (Å²) in [6.07, 6.45) is 1.34. The van der Waals surface area contributed by atoms with E-state index >= 15 is 0 Å². The average molecular weight is 336 g/mol. The van der Waals surface area contributed by atoms with Crippen LogP contribution in [0.15, 0.2) is 18.2 Å². The molecule has 23 heavy (non-hydrogen) atoms. The molecule has 0 saturated heterocycles. The molecule has 1 atom stereocenters. The van der Waals surface area contributed by atoms with Crippen LogP contribution < -0.4 is 4.74 Å². The van der Waals surface area contributed by atoms with Crippen LogP contribution in [0, 0.1) is 5.92 Å². The monoisotopic (exact) mass is 336 g/mol. The van der Waals surface area contributed by atoms with Crippen molar-refractivity contribution >= 4 is 33.2 Å². The molecule has 1 aromatic carbocycles. The van der Waals surface area contributed by atoms with Crippen LogP contribution in [-0.4, -0.2) is 35.7 Å². The summed E-state index contributed by atoms with van der Waals surface area (Å²) in [5.41, 5.74) is 0.991. The molecule has 2 N–H and O–H groups in total. The molecule has 0 amide bonds. The van der Waals surface area contributed by atoms with Crippen LogP contribution in [0.1, 0.15) is 35.0 Å². The molecule has 0 aliphatic heterocycles. The molecule has 0 fully saturated rings. The lowest BCUT2D eigenvalue weighted by Gasteiger charge is -2.07. The van der Waals surface area contributed by atoms with E-state index in [4.69, 9.17) is 14.9 Å². The summed E-state index contributed by atoms with van der Waals surface area (Å²) in [5, 5.41) is 18.8. The lowest BCUT2D eigenvalue weighted by Crippen LogP contribution is -2.13. The molecule has 0 saturated carbocycles. The zero-order valence-electron chi connectivity index (χ0n) is 13.2. The second-order valence-electron chi connectivity index (χ2n) is 5.51. The highest BCUT2D eigenvalue weighted by molar-refractivity contribution is 7.20. The summed E-state index contributed by atoms with van der Waals surface area (Å²) >= 11 is 1.35. The van der Waals surface area contributed by atoms with Gasteiger partial charge in [-0.05, 0) is 42.0 Å². The number of hydrogen-bond acceptors (Lipinski definition) is 5. The topological polar surface area (TPSA) is 83.8 Å². The fourth-order valence-corrected chi connectivity index (χ4v) is 3.40. The highest BCUT2D eigenvalue weighted by Crippen LogP contribution is 2.33. The number of methoxy groups -OCH3 is 1. The first-order chi connectivity index (χ1) is 11.0. The third kappa shape index (κ3) is 4.09. The van der Waals surface area contributed by atoms with Gasteiger partial charge in [0.25, 0.3) is 0 Å². The van der Waals surface area contributed by atoms with E-state index in [0.29, 0.717) is 17.7 Å². The van der Waals surface area contributed by atoms with Gasteiger partial charge in [0.05, 0.1) is 17.9 Å². The van der Waals surface area contributed by atoms with E-state index in [9.17, 15) is 9.59 Å². The van der Waals surface area contributed by atoms with Crippen LogP contribution in [0.2, 0.25) is 0 Å². The summed E-state index contributed by atoms with van der Waals surface area (Å²) in [7, 11) is 1.60. The van der Waals surface area contributed by atoms with Crippen molar-refractivity contribution in [3.63, 3.8) is 0 Å². The van der Waals surface area contributed by atoms with Crippen molar-refractivity contribution in [2.75, 3.05) is 13.7 Å². The number of rotatable bonds is 8. The normalized spacial score (nSPS) is 12.3. The molecule has 5 nitrogen and oxygen atoms in total. The van der Waals surface area contributed by atoms with Crippen molar-refractivity contribution in [2.24, 2.45) is 5.92 Å². The maximum atomic E-state index is 12.2. The highest BCUT2D eigenvalue weighted by atomic mass is 32.1. The first-order valence-corrected chi connectivity index (χ1v) is 8.25. The minimum atomic E-state index is -0.965. The molecular weight excluding hydrogens is 316 g/mol. The number of hydrogen-bond donors (Lipinski definition) is 2. The highest BCUT2D eigenvalue weighted by Gasteiger charge is 2.19. The maximum absolute atomic E-state index is 12.2. The first-order valence-electron chi connectivity index (χ1n) is 7.43. The number of Topliss-reactive ketones (excluding diaryl/α,β-unsaturated/α-hetero) is 1. The van der Waals surface area contributed by atoms with Gasteiger partial charge in [-0.2, -0.15) is 0 Å². The van der Waals surface area contributed by atoms with Crippen molar-refractivity contribution in [2.45, 2.75) is 26.2 Å². The largest absolute Gasteiger partial charge is 0.496 e. The van der Waals surface area contributed by atoms with Crippen LogP contribution in [-0.2, 0) is 11.2 Å². The smallest absolute Gasteiger partial charge is 0.306 e. The lowest BCUT2D eigenvalue weighted by molar-refractivity contribution is -0.141. The Morgan fingerprint density at radius 2 is 2.04 bits per heavy atom. The third-order valence-corrected chi connectivity index (χ3v) is 4.85. The van der Waals surface area contributed by atoms with Crippen LogP contribution in [0.5, 0.6) is 5.75 Å². The van der Waals surface area contributed by atoms with E-state index in [-0.39, 0.29) is 18.8 Å². The first kappa shape index (κ1) is 17.4. The van der Waals surface area contributed by atoms with Gasteiger partial charge in [0, 0.05) is 17.7 Å². The second-order valence-corrected chi connectivity index (χ2v) is 6.59. The van der Waals surface area contributed by atoms with E-state index in [2.05, 4.69) is 0 Å². The Labute approximate surface area is 138 Å². The van der Waals surface area contributed by atoms with Crippen molar-refractivity contribution < 1.29 is 24.5 Å². The number of carbonyl (C=O) groups excluding carboxylic acids is 1. The van der Waals surface area contributed by atoms with E-state index in [1.165, 1.54) is 18.3 Å². The van der Waals surface area contributed by atoms with Gasteiger partial charge in [-0.25, -0.2) is 0 Å². The molecule has 0 spiro atoms. The molecule has 1 heterocycles. The summed E-state index contributed by atoms with van der Waals surface area (Å²) in [6, 6.07) is 5.67. The average Bonchev–Trinajstić information content (AvgIpc) is 2.94. The molecule has 1 unspecified atom stereocenters. The number of aliphatic hydroxyl groups is 1. The Hall–Kier alpha value is -1.92. The Balaban J connectivity index is 2.30. The minimum Gasteiger partial charge on any atom is -0.496 e. The summed E-state index contributed by atoms with van der Waals surface area (Å²) in [5.74, 6) is -1.07. The van der Waals surface area contributed by atoms with Gasteiger partial charge in [0.2, 0.25) is 0 Å². The molecule has 6 heteroatoms. The van der Waals surface area contributed by atoms with Crippen molar-refractivity contribution in [1.82, 2.24) is 0 Å². The number of aryl methyl sites for hydroxylation is 1. The number of aliphatic carboxylic acids is 1. The minimum absolute atomic E-state index is 0.00331. The summed E-state index contributed by atoms with van der Waals surface area (Å²) in [6.45, 7) is 1.64. The summed E-state index contributed by atoms with van der Waals surface area (Å²) in [4.78, 5) is 23.7. The number of aliphatic hydroxyl groups excluding tert-OH is 1. The fourth-order valence-electron chi connectivity index (χ4n) is 2.37. The second kappa shape index (κ2) is 7.57. The Bertz CT molecular complexity index is 719. The molecule has 124 valence electrons. The number of benzene rings is 1. The van der Waals surface area contributed by atoms with Crippen LogP contribution in [0.3, 0.4) is 0 Å². The van der Waals surface area contributed by atoms with Crippen molar-refractivity contribution in [1.29, 1.82) is 0 Å². The molecule has 0 radical (unpaired) electrons.